The number of hydrogen-bond acceptors (Lipinski definition) is 4. The molecule has 1 saturated carbocycles. The van der Waals surface area contributed by atoms with Gasteiger partial charge in [-0.15, -0.1) is 11.3 Å². The first-order valence-electron chi connectivity index (χ1n) is 6.61. The van der Waals surface area contributed by atoms with Crippen LogP contribution in [0.1, 0.15) is 35.7 Å². The average molecular weight is 336 g/mol. The minimum Gasteiger partial charge on any atom is -0.462 e. The molecule has 0 aliphatic heterocycles. The minimum absolute atomic E-state index is 0.141. The molecule has 2 rings (SSSR count). The number of carbonyl (C=O) groups is 2. The maximum atomic E-state index is 12.8. The van der Waals surface area contributed by atoms with Crippen molar-refractivity contribution in [2.45, 2.75) is 38.4 Å². The number of halogens is 3. The Morgan fingerprint density at radius 1 is 1.41 bits per heavy atom. The molecule has 2 N–H and O–H groups in total. The van der Waals surface area contributed by atoms with Gasteiger partial charge in [-0.3, -0.25) is 5.32 Å². The smallest absolute Gasteiger partial charge is 0.411 e. The van der Waals surface area contributed by atoms with Gasteiger partial charge in [-0.1, -0.05) is 0 Å². The molecule has 1 aliphatic carbocycles. The largest absolute Gasteiger partial charge is 0.462 e. The molecule has 0 bridgehead atoms. The molecular formula is C13H15F3N2O3S. The zero-order chi connectivity index (χ0) is 16.5. The summed E-state index contributed by atoms with van der Waals surface area (Å²) < 4.78 is 43.3. The Labute approximate surface area is 128 Å². The number of rotatable bonds is 4. The van der Waals surface area contributed by atoms with Crippen LogP contribution >= 0.6 is 11.3 Å². The Kier molecular flexibility index (Phi) is 4.37. The number of amides is 2. The van der Waals surface area contributed by atoms with Gasteiger partial charge in [-0.05, 0) is 37.6 Å². The summed E-state index contributed by atoms with van der Waals surface area (Å²) in [5.41, 5.74) is -1.39. The third-order valence-corrected chi connectivity index (χ3v) is 4.34. The molecule has 1 aromatic rings. The summed E-state index contributed by atoms with van der Waals surface area (Å²) in [6.45, 7) is 3.46. The second-order valence-corrected chi connectivity index (χ2v) is 5.88. The van der Waals surface area contributed by atoms with Crippen molar-refractivity contribution in [2.75, 3.05) is 11.9 Å². The number of anilines is 1. The van der Waals surface area contributed by atoms with Crippen LogP contribution in [0.25, 0.3) is 0 Å². The van der Waals surface area contributed by atoms with Gasteiger partial charge in [0.05, 0.1) is 12.2 Å². The lowest BCUT2D eigenvalue weighted by Crippen LogP contribution is -2.49. The predicted octanol–water partition coefficient (Wildman–Crippen LogP) is 3.45. The molecule has 5 nitrogen and oxygen atoms in total. The lowest BCUT2D eigenvalue weighted by Gasteiger charge is -2.20. The number of aryl methyl sites for hydroxylation is 1. The molecule has 0 saturated heterocycles. The van der Waals surface area contributed by atoms with E-state index < -0.39 is 23.7 Å². The second-order valence-electron chi connectivity index (χ2n) is 5.00. The molecule has 0 aromatic carbocycles. The van der Waals surface area contributed by atoms with Gasteiger partial charge < -0.3 is 10.1 Å². The maximum Gasteiger partial charge on any atom is 0.411 e. The number of thiophene rings is 1. The first-order valence-corrected chi connectivity index (χ1v) is 7.49. The van der Waals surface area contributed by atoms with Crippen LogP contribution in [0.5, 0.6) is 0 Å². The van der Waals surface area contributed by atoms with Crippen LogP contribution in [0, 0.1) is 6.92 Å². The third-order valence-electron chi connectivity index (χ3n) is 3.33. The van der Waals surface area contributed by atoms with E-state index in [9.17, 15) is 22.8 Å². The Morgan fingerprint density at radius 3 is 2.55 bits per heavy atom. The van der Waals surface area contributed by atoms with Crippen molar-refractivity contribution < 1.29 is 27.5 Å². The molecule has 122 valence electrons. The van der Waals surface area contributed by atoms with Crippen molar-refractivity contribution >= 4 is 28.3 Å². The zero-order valence-corrected chi connectivity index (χ0v) is 12.8. The molecule has 0 radical (unpaired) electrons. The van der Waals surface area contributed by atoms with Crippen LogP contribution < -0.4 is 10.6 Å². The van der Waals surface area contributed by atoms with E-state index in [1.165, 1.54) is 0 Å². The summed E-state index contributed by atoms with van der Waals surface area (Å²) >= 11 is 1.06. The van der Waals surface area contributed by atoms with Gasteiger partial charge in [0.25, 0.3) is 0 Å². The SMILES string of the molecule is CCOC(=O)c1c(C)csc1NC(=O)NC1(C(F)(F)F)CC1. The Balaban J connectivity index is 2.09. The molecule has 1 aliphatic rings. The summed E-state index contributed by atoms with van der Waals surface area (Å²) in [5, 5.41) is 6.05. The van der Waals surface area contributed by atoms with E-state index in [1.807, 2.05) is 5.32 Å². The van der Waals surface area contributed by atoms with Crippen molar-refractivity contribution in [2.24, 2.45) is 0 Å². The van der Waals surface area contributed by atoms with Gasteiger partial charge >= 0.3 is 18.2 Å². The minimum atomic E-state index is -4.49. The van der Waals surface area contributed by atoms with Crippen molar-refractivity contribution in [1.29, 1.82) is 0 Å². The molecular weight excluding hydrogens is 321 g/mol. The maximum absolute atomic E-state index is 12.8. The fraction of sp³-hybridized carbons (Fsp3) is 0.538. The van der Waals surface area contributed by atoms with Gasteiger partial charge in [-0.2, -0.15) is 13.2 Å². The number of alkyl halides is 3. The van der Waals surface area contributed by atoms with E-state index in [0.29, 0.717) is 5.56 Å². The van der Waals surface area contributed by atoms with E-state index in [-0.39, 0.29) is 30.0 Å². The summed E-state index contributed by atoms with van der Waals surface area (Å²) in [6, 6.07) is -0.984. The fourth-order valence-electron chi connectivity index (χ4n) is 1.95. The van der Waals surface area contributed by atoms with E-state index in [4.69, 9.17) is 4.74 Å². The molecule has 9 heteroatoms. The van der Waals surface area contributed by atoms with Gasteiger partial charge in [-0.25, -0.2) is 9.59 Å². The zero-order valence-electron chi connectivity index (χ0n) is 12.0. The predicted molar refractivity (Wildman–Crippen MR) is 75.2 cm³/mol. The highest BCUT2D eigenvalue weighted by atomic mass is 32.1. The lowest BCUT2D eigenvalue weighted by molar-refractivity contribution is -0.162. The Morgan fingerprint density at radius 2 is 2.05 bits per heavy atom. The molecule has 2 amide bonds. The van der Waals surface area contributed by atoms with Crippen molar-refractivity contribution in [1.82, 2.24) is 5.32 Å². The van der Waals surface area contributed by atoms with Gasteiger partial charge in [0.15, 0.2) is 0 Å². The summed E-state index contributed by atoms with van der Waals surface area (Å²) in [4.78, 5) is 23.6. The fourth-order valence-corrected chi connectivity index (χ4v) is 2.88. The van der Waals surface area contributed by atoms with Crippen LogP contribution in [0.15, 0.2) is 5.38 Å². The first kappa shape index (κ1) is 16.6. The van der Waals surface area contributed by atoms with Crippen molar-refractivity contribution in [3.8, 4) is 0 Å². The second kappa shape index (κ2) is 5.79. The molecule has 1 heterocycles. The number of urea groups is 1. The summed E-state index contributed by atoms with van der Waals surface area (Å²) in [6.07, 6.45) is -4.77. The van der Waals surface area contributed by atoms with Crippen LogP contribution in [-0.4, -0.2) is 30.3 Å². The molecule has 0 unspecified atom stereocenters. The van der Waals surface area contributed by atoms with Crippen LogP contribution in [0.3, 0.4) is 0 Å². The Bertz CT molecular complexity index is 594. The number of ether oxygens (including phenoxy) is 1. The molecule has 22 heavy (non-hydrogen) atoms. The lowest BCUT2D eigenvalue weighted by atomic mass is 10.2. The highest BCUT2D eigenvalue weighted by Gasteiger charge is 2.64. The van der Waals surface area contributed by atoms with Crippen molar-refractivity contribution in [3.63, 3.8) is 0 Å². The van der Waals surface area contributed by atoms with Gasteiger partial charge in [0.1, 0.15) is 10.5 Å². The molecule has 1 fully saturated rings. The van der Waals surface area contributed by atoms with Crippen LogP contribution in [0.4, 0.5) is 23.0 Å². The molecule has 1 aromatic heterocycles. The van der Waals surface area contributed by atoms with Crippen molar-refractivity contribution in [3.05, 3.63) is 16.5 Å². The van der Waals surface area contributed by atoms with E-state index in [2.05, 4.69) is 5.32 Å². The average Bonchev–Trinajstić information content (AvgIpc) is 3.08. The highest BCUT2D eigenvalue weighted by Crippen LogP contribution is 2.48. The molecule has 0 atom stereocenters. The quantitative estimate of drug-likeness (QED) is 0.828. The molecule has 0 spiro atoms. The van der Waals surface area contributed by atoms with Gasteiger partial charge in [0, 0.05) is 0 Å². The number of carbonyl (C=O) groups excluding carboxylic acids is 2. The van der Waals surface area contributed by atoms with Gasteiger partial charge in [0.2, 0.25) is 0 Å². The summed E-state index contributed by atoms with van der Waals surface area (Å²) in [5.74, 6) is -0.617. The number of nitrogens with one attached hydrogen (secondary N) is 2. The topological polar surface area (TPSA) is 67.4 Å². The van der Waals surface area contributed by atoms with E-state index in [1.54, 1.807) is 19.2 Å². The number of esters is 1. The standard InChI is InChI=1S/C13H15F3N2O3S/c1-3-21-10(19)8-7(2)6-22-9(8)17-11(20)18-12(4-5-12)13(14,15)16/h6H,3-5H2,1-2H3,(H2,17,18,20). The number of hydrogen-bond donors (Lipinski definition) is 2. The highest BCUT2D eigenvalue weighted by molar-refractivity contribution is 7.15. The third kappa shape index (κ3) is 3.18. The van der Waals surface area contributed by atoms with Crippen LogP contribution in [-0.2, 0) is 4.74 Å². The summed E-state index contributed by atoms with van der Waals surface area (Å²) in [7, 11) is 0. The normalized spacial score (nSPS) is 16.0. The van der Waals surface area contributed by atoms with E-state index >= 15 is 0 Å². The van der Waals surface area contributed by atoms with E-state index in [0.717, 1.165) is 11.3 Å². The monoisotopic (exact) mass is 336 g/mol. The first-order chi connectivity index (χ1) is 10.2. The van der Waals surface area contributed by atoms with Crippen LogP contribution in [0.2, 0.25) is 0 Å². The Hall–Kier alpha value is -1.77.